The van der Waals surface area contributed by atoms with E-state index in [1.807, 2.05) is 20.8 Å². The number of nitrogens with zero attached hydrogens (tertiary/aromatic N) is 2. The van der Waals surface area contributed by atoms with Crippen molar-refractivity contribution in [3.05, 3.63) is 21.9 Å². The topological polar surface area (TPSA) is 35.0 Å². The molecule has 0 unspecified atom stereocenters. The Kier molecular flexibility index (Phi) is 3.78. The van der Waals surface area contributed by atoms with Gasteiger partial charge in [0.05, 0.1) is 10.2 Å². The lowest BCUT2D eigenvalue weighted by molar-refractivity contribution is -0.0215. The van der Waals surface area contributed by atoms with Crippen molar-refractivity contribution in [3.63, 3.8) is 0 Å². The Morgan fingerprint density at radius 1 is 1.40 bits per heavy atom. The summed E-state index contributed by atoms with van der Waals surface area (Å²) in [6.45, 7) is 7.77. The van der Waals surface area contributed by atoms with Gasteiger partial charge >= 0.3 is 0 Å². The van der Waals surface area contributed by atoms with Gasteiger partial charge in [-0.2, -0.15) is 4.39 Å². The highest BCUT2D eigenvalue weighted by molar-refractivity contribution is 9.10. The van der Waals surface area contributed by atoms with Gasteiger partial charge in [0.1, 0.15) is 5.60 Å². The molecule has 1 heterocycles. The number of hydrogen-bond donors (Lipinski definition) is 0. The van der Waals surface area contributed by atoms with Crippen molar-refractivity contribution in [1.29, 1.82) is 0 Å². The molecule has 84 valence electrons. The molecule has 1 aromatic heterocycles. The van der Waals surface area contributed by atoms with Crippen molar-refractivity contribution in [2.45, 2.75) is 33.3 Å². The third-order valence-corrected chi connectivity index (χ3v) is 2.92. The quantitative estimate of drug-likeness (QED) is 0.797. The van der Waals surface area contributed by atoms with Crippen molar-refractivity contribution in [3.8, 4) is 0 Å². The molecule has 0 saturated carbocycles. The average molecular weight is 277 g/mol. The number of aryl methyl sites for hydroxylation is 1. The van der Waals surface area contributed by atoms with E-state index in [4.69, 9.17) is 4.74 Å². The van der Waals surface area contributed by atoms with Crippen LogP contribution in [0.1, 0.15) is 32.3 Å². The summed E-state index contributed by atoms with van der Waals surface area (Å²) in [5, 5.41) is 0. The molecular weight excluding hydrogens is 263 g/mol. The lowest BCUT2D eigenvalue weighted by Crippen LogP contribution is -2.25. The molecule has 0 fully saturated rings. The first-order chi connectivity index (χ1) is 6.88. The van der Waals surface area contributed by atoms with Gasteiger partial charge in [-0.1, -0.05) is 0 Å². The smallest absolute Gasteiger partial charge is 0.230 e. The second kappa shape index (κ2) is 4.53. The van der Waals surface area contributed by atoms with Gasteiger partial charge in [-0.05, 0) is 43.6 Å². The van der Waals surface area contributed by atoms with Crippen LogP contribution in [0.2, 0.25) is 0 Å². The zero-order valence-corrected chi connectivity index (χ0v) is 10.9. The Hall–Kier alpha value is -0.550. The van der Waals surface area contributed by atoms with E-state index in [1.165, 1.54) is 0 Å². The predicted molar refractivity (Wildman–Crippen MR) is 59.1 cm³/mol. The SMILES string of the molecule is CCOC(C)(C)c1nc(C)c(Br)c(F)n1. The van der Waals surface area contributed by atoms with E-state index < -0.39 is 11.5 Å². The molecule has 0 bridgehead atoms. The van der Waals surface area contributed by atoms with Gasteiger partial charge in [-0.25, -0.2) is 9.97 Å². The highest BCUT2D eigenvalue weighted by Gasteiger charge is 2.26. The van der Waals surface area contributed by atoms with Crippen LogP contribution in [0.15, 0.2) is 4.47 Å². The molecular formula is C10H14BrFN2O. The number of aromatic nitrogens is 2. The third-order valence-electron chi connectivity index (χ3n) is 2.02. The van der Waals surface area contributed by atoms with Crippen molar-refractivity contribution in [2.75, 3.05) is 6.61 Å². The standard InChI is InChI=1S/C10H14BrFN2O/c1-5-15-10(3,4)9-13-6(2)7(11)8(12)14-9/h5H2,1-4H3. The fourth-order valence-corrected chi connectivity index (χ4v) is 1.40. The number of hydrogen-bond acceptors (Lipinski definition) is 3. The van der Waals surface area contributed by atoms with Crippen molar-refractivity contribution in [1.82, 2.24) is 9.97 Å². The van der Waals surface area contributed by atoms with E-state index in [1.54, 1.807) is 6.92 Å². The van der Waals surface area contributed by atoms with Crippen molar-refractivity contribution in [2.24, 2.45) is 0 Å². The molecule has 0 amide bonds. The Morgan fingerprint density at radius 3 is 2.47 bits per heavy atom. The summed E-state index contributed by atoms with van der Waals surface area (Å²) in [6.07, 6.45) is 0. The van der Waals surface area contributed by atoms with Gasteiger partial charge in [0, 0.05) is 6.61 Å². The van der Waals surface area contributed by atoms with Crippen LogP contribution in [0.5, 0.6) is 0 Å². The Labute approximate surface area is 97.2 Å². The van der Waals surface area contributed by atoms with Gasteiger partial charge in [-0.3, -0.25) is 0 Å². The molecule has 0 radical (unpaired) electrons. The van der Waals surface area contributed by atoms with Crippen molar-refractivity contribution < 1.29 is 9.13 Å². The molecule has 0 aliphatic heterocycles. The van der Waals surface area contributed by atoms with E-state index in [9.17, 15) is 4.39 Å². The zero-order chi connectivity index (χ0) is 11.6. The van der Waals surface area contributed by atoms with Crippen LogP contribution in [0.4, 0.5) is 4.39 Å². The average Bonchev–Trinajstić information content (AvgIpc) is 2.13. The van der Waals surface area contributed by atoms with Gasteiger partial charge in [0.25, 0.3) is 0 Å². The molecule has 0 aliphatic carbocycles. The maximum absolute atomic E-state index is 13.4. The first kappa shape index (κ1) is 12.5. The van der Waals surface area contributed by atoms with Crippen LogP contribution >= 0.6 is 15.9 Å². The second-order valence-electron chi connectivity index (χ2n) is 3.68. The van der Waals surface area contributed by atoms with Gasteiger partial charge in [0.2, 0.25) is 5.95 Å². The summed E-state index contributed by atoms with van der Waals surface area (Å²) in [5.41, 5.74) is -0.0913. The first-order valence-electron chi connectivity index (χ1n) is 4.72. The Bertz CT molecular complexity index is 345. The molecule has 0 spiro atoms. The van der Waals surface area contributed by atoms with Crippen LogP contribution < -0.4 is 0 Å². The Balaban J connectivity index is 3.16. The normalized spacial score (nSPS) is 11.9. The number of rotatable bonds is 3. The molecule has 0 atom stereocenters. The molecule has 0 N–H and O–H groups in total. The van der Waals surface area contributed by atoms with Crippen LogP contribution in [0.25, 0.3) is 0 Å². The molecule has 5 heteroatoms. The highest BCUT2D eigenvalue weighted by Crippen LogP contribution is 2.24. The Morgan fingerprint density at radius 2 is 2.00 bits per heavy atom. The second-order valence-corrected chi connectivity index (χ2v) is 4.47. The molecule has 0 aliphatic rings. The summed E-state index contributed by atoms with van der Waals surface area (Å²) in [7, 11) is 0. The van der Waals surface area contributed by atoms with E-state index in [-0.39, 0.29) is 0 Å². The summed E-state index contributed by atoms with van der Waals surface area (Å²) in [5.74, 6) is -0.187. The maximum atomic E-state index is 13.4. The lowest BCUT2D eigenvalue weighted by atomic mass is 10.1. The third kappa shape index (κ3) is 2.72. The summed E-state index contributed by atoms with van der Waals surface area (Å²) < 4.78 is 19.1. The zero-order valence-electron chi connectivity index (χ0n) is 9.27. The van der Waals surface area contributed by atoms with E-state index >= 15 is 0 Å². The van der Waals surface area contributed by atoms with Crippen LogP contribution in [0, 0.1) is 12.9 Å². The van der Waals surface area contributed by atoms with E-state index in [2.05, 4.69) is 25.9 Å². The molecule has 0 aromatic carbocycles. The maximum Gasteiger partial charge on any atom is 0.230 e. The molecule has 15 heavy (non-hydrogen) atoms. The largest absolute Gasteiger partial charge is 0.368 e. The minimum Gasteiger partial charge on any atom is -0.368 e. The lowest BCUT2D eigenvalue weighted by Gasteiger charge is -2.23. The predicted octanol–water partition coefficient (Wildman–Crippen LogP) is 2.96. The van der Waals surface area contributed by atoms with Gasteiger partial charge < -0.3 is 4.74 Å². The molecule has 3 nitrogen and oxygen atoms in total. The van der Waals surface area contributed by atoms with E-state index in [0.29, 0.717) is 22.6 Å². The summed E-state index contributed by atoms with van der Waals surface area (Å²) in [6, 6.07) is 0. The highest BCUT2D eigenvalue weighted by atomic mass is 79.9. The van der Waals surface area contributed by atoms with Gasteiger partial charge in [-0.15, -0.1) is 0 Å². The van der Waals surface area contributed by atoms with Gasteiger partial charge in [0.15, 0.2) is 5.82 Å². The van der Waals surface area contributed by atoms with Crippen LogP contribution in [0.3, 0.4) is 0 Å². The molecule has 1 aromatic rings. The fraction of sp³-hybridized carbons (Fsp3) is 0.600. The number of halogens is 2. The first-order valence-corrected chi connectivity index (χ1v) is 5.52. The van der Waals surface area contributed by atoms with Crippen LogP contribution in [-0.2, 0) is 10.3 Å². The fourth-order valence-electron chi connectivity index (χ4n) is 1.22. The summed E-state index contributed by atoms with van der Waals surface area (Å²) in [4.78, 5) is 7.98. The molecule has 0 saturated heterocycles. The van der Waals surface area contributed by atoms with E-state index in [0.717, 1.165) is 0 Å². The monoisotopic (exact) mass is 276 g/mol. The van der Waals surface area contributed by atoms with Crippen molar-refractivity contribution >= 4 is 15.9 Å². The number of ether oxygens (including phenoxy) is 1. The molecule has 1 rings (SSSR count). The minimum atomic E-state index is -0.666. The van der Waals surface area contributed by atoms with Crippen LogP contribution in [-0.4, -0.2) is 16.6 Å². The minimum absolute atomic E-state index is 0.304. The summed E-state index contributed by atoms with van der Waals surface area (Å²) >= 11 is 3.08.